The van der Waals surface area contributed by atoms with Crippen LogP contribution in [0, 0.1) is 17.8 Å². The predicted octanol–water partition coefficient (Wildman–Crippen LogP) is 2.83. The van der Waals surface area contributed by atoms with E-state index in [4.69, 9.17) is 0 Å². The molecule has 5 atom stereocenters. The van der Waals surface area contributed by atoms with Crippen molar-refractivity contribution >= 4 is 11.5 Å². The van der Waals surface area contributed by atoms with E-state index >= 15 is 0 Å². The van der Waals surface area contributed by atoms with E-state index in [1.54, 1.807) is 0 Å². The SMILES string of the molecule is c1cnc2c(c1)N([C@H]1CCCNC1)C(C1CC3CCC1C3)N2. The normalized spacial score (nSPS) is 39.8. The van der Waals surface area contributed by atoms with Crippen molar-refractivity contribution in [3.05, 3.63) is 18.3 Å². The van der Waals surface area contributed by atoms with Crippen molar-refractivity contribution in [2.75, 3.05) is 23.3 Å². The van der Waals surface area contributed by atoms with Crippen LogP contribution >= 0.6 is 0 Å². The van der Waals surface area contributed by atoms with Crippen molar-refractivity contribution in [3.63, 3.8) is 0 Å². The third-order valence-electron chi connectivity index (χ3n) is 6.51. The topological polar surface area (TPSA) is 40.2 Å². The molecule has 22 heavy (non-hydrogen) atoms. The van der Waals surface area contributed by atoms with Gasteiger partial charge in [-0.25, -0.2) is 4.98 Å². The van der Waals surface area contributed by atoms with Gasteiger partial charge in [-0.2, -0.15) is 0 Å². The zero-order valence-corrected chi connectivity index (χ0v) is 13.2. The number of fused-ring (bicyclic) bond motifs is 3. The molecule has 0 amide bonds. The summed E-state index contributed by atoms with van der Waals surface area (Å²) in [5.74, 6) is 3.87. The lowest BCUT2D eigenvalue weighted by atomic mass is 9.85. The van der Waals surface area contributed by atoms with Crippen LogP contribution in [0.25, 0.3) is 0 Å². The monoisotopic (exact) mass is 298 g/mol. The molecular weight excluding hydrogens is 272 g/mol. The van der Waals surface area contributed by atoms with Crippen LogP contribution in [0.1, 0.15) is 38.5 Å². The second kappa shape index (κ2) is 5.12. The molecule has 2 saturated carbocycles. The van der Waals surface area contributed by atoms with Gasteiger partial charge >= 0.3 is 0 Å². The van der Waals surface area contributed by atoms with Gasteiger partial charge in [-0.1, -0.05) is 6.42 Å². The van der Waals surface area contributed by atoms with E-state index in [0.717, 1.165) is 30.1 Å². The molecule has 0 aromatic carbocycles. The Labute approximate surface area is 132 Å². The minimum atomic E-state index is 0.477. The number of anilines is 2. The molecule has 2 bridgehead atoms. The smallest absolute Gasteiger partial charge is 0.151 e. The van der Waals surface area contributed by atoms with Crippen LogP contribution in [0.15, 0.2) is 18.3 Å². The Morgan fingerprint density at radius 3 is 2.95 bits per heavy atom. The van der Waals surface area contributed by atoms with Crippen molar-refractivity contribution in [2.24, 2.45) is 17.8 Å². The Balaban J connectivity index is 1.48. The Hall–Kier alpha value is -1.29. The average Bonchev–Trinajstić information content (AvgIpc) is 3.28. The molecule has 1 saturated heterocycles. The van der Waals surface area contributed by atoms with Crippen molar-refractivity contribution < 1.29 is 0 Å². The molecule has 4 heteroatoms. The molecule has 2 aliphatic heterocycles. The minimum Gasteiger partial charge on any atom is -0.348 e. The average molecular weight is 298 g/mol. The van der Waals surface area contributed by atoms with Crippen LogP contribution in [0.5, 0.6) is 0 Å². The third kappa shape index (κ3) is 1.96. The lowest BCUT2D eigenvalue weighted by molar-refractivity contribution is 0.273. The maximum atomic E-state index is 4.61. The van der Waals surface area contributed by atoms with Crippen molar-refractivity contribution in [1.29, 1.82) is 0 Å². The number of aromatic nitrogens is 1. The van der Waals surface area contributed by atoms with Crippen LogP contribution in [0.2, 0.25) is 0 Å². The van der Waals surface area contributed by atoms with Crippen molar-refractivity contribution in [1.82, 2.24) is 10.3 Å². The summed E-state index contributed by atoms with van der Waals surface area (Å²) in [5.41, 5.74) is 1.34. The van der Waals surface area contributed by atoms with E-state index in [-0.39, 0.29) is 0 Å². The Kier molecular flexibility index (Phi) is 3.07. The maximum Gasteiger partial charge on any atom is 0.151 e. The zero-order chi connectivity index (χ0) is 14.5. The van der Waals surface area contributed by atoms with Crippen LogP contribution in [0.4, 0.5) is 11.5 Å². The van der Waals surface area contributed by atoms with E-state index < -0.39 is 0 Å². The number of piperidine rings is 1. The molecule has 4 unspecified atom stereocenters. The minimum absolute atomic E-state index is 0.477. The Bertz CT molecular complexity index is 554. The molecule has 4 aliphatic rings. The summed E-state index contributed by atoms with van der Waals surface area (Å²) in [4.78, 5) is 7.31. The van der Waals surface area contributed by atoms with Crippen LogP contribution < -0.4 is 15.5 Å². The summed E-state index contributed by atoms with van der Waals surface area (Å²) < 4.78 is 0. The van der Waals surface area contributed by atoms with E-state index in [9.17, 15) is 0 Å². The number of nitrogens with zero attached hydrogens (tertiary/aromatic N) is 2. The molecule has 4 nitrogen and oxygen atoms in total. The second-order valence-electron chi connectivity index (χ2n) is 7.71. The molecule has 0 spiro atoms. The first kappa shape index (κ1) is 13.2. The molecule has 2 aliphatic carbocycles. The standard InChI is InChI=1S/C18H26N4/c1-3-14(11-19-7-1)22-16-4-2-8-20-17(16)21-18(22)15-10-12-5-6-13(15)9-12/h2,4,8,12-15,18-19H,1,3,5-7,9-11H2,(H,20,21)/t12?,13?,14-,15?,18?/m0/s1. The number of rotatable bonds is 2. The number of hydrogen-bond donors (Lipinski definition) is 2. The number of hydrogen-bond acceptors (Lipinski definition) is 4. The number of nitrogens with one attached hydrogen (secondary N) is 2. The highest BCUT2D eigenvalue weighted by molar-refractivity contribution is 5.73. The molecule has 5 rings (SSSR count). The third-order valence-corrected chi connectivity index (χ3v) is 6.51. The van der Waals surface area contributed by atoms with Crippen molar-refractivity contribution in [2.45, 2.75) is 50.7 Å². The molecule has 1 aromatic rings. The largest absolute Gasteiger partial charge is 0.348 e. The second-order valence-corrected chi connectivity index (χ2v) is 7.71. The molecule has 0 radical (unpaired) electrons. The predicted molar refractivity (Wildman–Crippen MR) is 89.0 cm³/mol. The van der Waals surface area contributed by atoms with Gasteiger partial charge < -0.3 is 15.5 Å². The summed E-state index contributed by atoms with van der Waals surface area (Å²) >= 11 is 0. The van der Waals surface area contributed by atoms with E-state index in [2.05, 4.69) is 32.7 Å². The summed E-state index contributed by atoms with van der Waals surface area (Å²) in [6.45, 7) is 2.30. The summed E-state index contributed by atoms with van der Waals surface area (Å²) in [6.07, 6.45) is 10.8. The fraction of sp³-hybridized carbons (Fsp3) is 0.722. The summed E-state index contributed by atoms with van der Waals surface area (Å²) in [5, 5.41) is 7.39. The summed E-state index contributed by atoms with van der Waals surface area (Å²) in [7, 11) is 0. The molecule has 118 valence electrons. The maximum absolute atomic E-state index is 4.61. The van der Waals surface area contributed by atoms with Gasteiger partial charge in [-0.15, -0.1) is 0 Å². The zero-order valence-electron chi connectivity index (χ0n) is 13.2. The van der Waals surface area contributed by atoms with Crippen LogP contribution in [-0.4, -0.2) is 30.3 Å². The first-order valence-corrected chi connectivity index (χ1v) is 9.11. The lowest BCUT2D eigenvalue weighted by Crippen LogP contribution is -2.53. The van der Waals surface area contributed by atoms with Gasteiger partial charge in [0.25, 0.3) is 0 Å². The summed E-state index contributed by atoms with van der Waals surface area (Å²) in [6, 6.07) is 4.97. The van der Waals surface area contributed by atoms with Gasteiger partial charge in [-0.3, -0.25) is 0 Å². The van der Waals surface area contributed by atoms with Gasteiger partial charge in [0.05, 0.1) is 5.69 Å². The van der Waals surface area contributed by atoms with Crippen LogP contribution in [0.3, 0.4) is 0 Å². The van der Waals surface area contributed by atoms with Gasteiger partial charge in [0.2, 0.25) is 0 Å². The van der Waals surface area contributed by atoms with Gasteiger partial charge in [0.1, 0.15) is 6.17 Å². The van der Waals surface area contributed by atoms with E-state index in [1.807, 2.05) is 6.20 Å². The Morgan fingerprint density at radius 1 is 1.18 bits per heavy atom. The lowest BCUT2D eigenvalue weighted by Gasteiger charge is -2.41. The first-order chi connectivity index (χ1) is 10.9. The van der Waals surface area contributed by atoms with E-state index in [0.29, 0.717) is 12.2 Å². The van der Waals surface area contributed by atoms with Gasteiger partial charge in [-0.05, 0) is 62.6 Å². The number of pyridine rings is 1. The molecule has 2 N–H and O–H groups in total. The highest BCUT2D eigenvalue weighted by Gasteiger charge is 2.48. The highest BCUT2D eigenvalue weighted by Crippen LogP contribution is 2.52. The van der Waals surface area contributed by atoms with Gasteiger partial charge in [0, 0.05) is 24.7 Å². The van der Waals surface area contributed by atoms with Gasteiger partial charge in [0.15, 0.2) is 5.82 Å². The van der Waals surface area contributed by atoms with E-state index in [1.165, 1.54) is 50.8 Å². The Morgan fingerprint density at radius 2 is 2.18 bits per heavy atom. The molecular formula is C18H26N4. The van der Waals surface area contributed by atoms with Crippen LogP contribution in [-0.2, 0) is 0 Å². The quantitative estimate of drug-likeness (QED) is 0.881. The fourth-order valence-electron chi connectivity index (χ4n) is 5.56. The molecule has 3 heterocycles. The van der Waals surface area contributed by atoms with Crippen molar-refractivity contribution in [3.8, 4) is 0 Å². The fourth-order valence-corrected chi connectivity index (χ4v) is 5.56. The molecule has 3 fully saturated rings. The molecule has 1 aromatic heterocycles. The first-order valence-electron chi connectivity index (χ1n) is 9.11. The highest BCUT2D eigenvalue weighted by atomic mass is 15.4.